The Labute approximate surface area is 117 Å². The first-order chi connectivity index (χ1) is 8.75. The first-order valence-electron chi connectivity index (χ1n) is 5.92. The van der Waals surface area contributed by atoms with E-state index in [0.29, 0.717) is 11.0 Å². The molecule has 2 amide bonds. The van der Waals surface area contributed by atoms with Crippen LogP contribution in [0.5, 0.6) is 0 Å². The zero-order valence-corrected chi connectivity index (χ0v) is 12.3. The molecule has 1 aromatic heterocycles. The minimum absolute atomic E-state index is 0.0938. The molecule has 0 aliphatic heterocycles. The molecular weight excluding hydrogens is 268 g/mol. The molecule has 0 bridgehead atoms. The number of aromatic nitrogens is 2. The van der Waals surface area contributed by atoms with Gasteiger partial charge in [-0.15, -0.1) is 10.2 Å². The third-order valence-electron chi connectivity index (χ3n) is 2.57. The number of carbonyl (C=O) groups excluding carboxylic acids is 1. The van der Waals surface area contributed by atoms with Gasteiger partial charge in [0.25, 0.3) is 0 Å². The zero-order valence-electron chi connectivity index (χ0n) is 11.6. The van der Waals surface area contributed by atoms with Gasteiger partial charge in [0.05, 0.1) is 6.61 Å². The standard InChI is InChI=1S/C12H19ClN4O2/c1-12(2,3)8-7-9(15-16-10(8)13)14-11(19)17(4)5-6-18/h7,18H,5-6H2,1-4H3,(H,14,15,19). The highest BCUT2D eigenvalue weighted by molar-refractivity contribution is 6.30. The first-order valence-corrected chi connectivity index (χ1v) is 6.30. The Kier molecular flexibility index (Phi) is 5.08. The van der Waals surface area contributed by atoms with E-state index in [-0.39, 0.29) is 24.6 Å². The van der Waals surface area contributed by atoms with E-state index >= 15 is 0 Å². The Balaban J connectivity index is 2.89. The summed E-state index contributed by atoms with van der Waals surface area (Å²) in [6, 6.07) is 1.35. The van der Waals surface area contributed by atoms with E-state index in [1.807, 2.05) is 20.8 Å². The molecule has 7 heteroatoms. The number of nitrogens with zero attached hydrogens (tertiary/aromatic N) is 3. The summed E-state index contributed by atoms with van der Waals surface area (Å²) in [5.74, 6) is 0.337. The van der Waals surface area contributed by atoms with Crippen molar-refractivity contribution in [2.75, 3.05) is 25.5 Å². The van der Waals surface area contributed by atoms with Gasteiger partial charge in [-0.2, -0.15) is 0 Å². The van der Waals surface area contributed by atoms with Gasteiger partial charge < -0.3 is 10.0 Å². The van der Waals surface area contributed by atoms with Crippen LogP contribution in [0.1, 0.15) is 26.3 Å². The molecular formula is C12H19ClN4O2. The molecule has 0 aromatic carbocycles. The van der Waals surface area contributed by atoms with E-state index < -0.39 is 0 Å². The molecule has 0 saturated heterocycles. The van der Waals surface area contributed by atoms with Crippen LogP contribution in [0.4, 0.5) is 10.6 Å². The van der Waals surface area contributed by atoms with Gasteiger partial charge in [0.2, 0.25) is 0 Å². The lowest BCUT2D eigenvalue weighted by molar-refractivity contribution is 0.202. The van der Waals surface area contributed by atoms with Gasteiger partial charge >= 0.3 is 6.03 Å². The van der Waals surface area contributed by atoms with E-state index in [1.165, 1.54) is 4.90 Å². The number of anilines is 1. The summed E-state index contributed by atoms with van der Waals surface area (Å²) >= 11 is 6.00. The number of nitrogens with one attached hydrogen (secondary N) is 1. The summed E-state index contributed by atoms with van der Waals surface area (Å²) < 4.78 is 0. The molecule has 2 N–H and O–H groups in total. The van der Waals surface area contributed by atoms with E-state index in [2.05, 4.69) is 15.5 Å². The SMILES string of the molecule is CN(CCO)C(=O)Nc1cc(C(C)(C)C)c(Cl)nn1. The van der Waals surface area contributed by atoms with Crippen molar-refractivity contribution in [3.8, 4) is 0 Å². The van der Waals surface area contributed by atoms with E-state index in [9.17, 15) is 4.79 Å². The molecule has 0 fully saturated rings. The first kappa shape index (κ1) is 15.7. The summed E-state index contributed by atoms with van der Waals surface area (Å²) in [6.07, 6.45) is 0. The molecule has 19 heavy (non-hydrogen) atoms. The van der Waals surface area contributed by atoms with Crippen LogP contribution in [-0.2, 0) is 5.41 Å². The average molecular weight is 287 g/mol. The molecule has 0 radical (unpaired) electrons. The van der Waals surface area contributed by atoms with Crippen LogP contribution in [0.2, 0.25) is 5.15 Å². The second-order valence-electron chi connectivity index (χ2n) is 5.26. The zero-order chi connectivity index (χ0) is 14.6. The number of aliphatic hydroxyl groups excluding tert-OH is 1. The smallest absolute Gasteiger partial charge is 0.322 e. The number of aliphatic hydroxyl groups is 1. The molecule has 1 rings (SSSR count). The minimum Gasteiger partial charge on any atom is -0.395 e. The van der Waals surface area contributed by atoms with Gasteiger partial charge in [0.1, 0.15) is 0 Å². The molecule has 1 heterocycles. The second-order valence-corrected chi connectivity index (χ2v) is 5.62. The molecule has 6 nitrogen and oxygen atoms in total. The second kappa shape index (κ2) is 6.16. The van der Waals surface area contributed by atoms with Gasteiger partial charge in [-0.3, -0.25) is 5.32 Å². The van der Waals surface area contributed by atoms with Gasteiger partial charge in [0, 0.05) is 19.2 Å². The summed E-state index contributed by atoms with van der Waals surface area (Å²) in [4.78, 5) is 13.1. The minimum atomic E-state index is -0.356. The molecule has 0 atom stereocenters. The fraction of sp³-hybridized carbons (Fsp3) is 0.583. The van der Waals surface area contributed by atoms with Crippen LogP contribution in [0, 0.1) is 0 Å². The van der Waals surface area contributed by atoms with E-state index in [1.54, 1.807) is 13.1 Å². The highest BCUT2D eigenvalue weighted by Crippen LogP contribution is 2.28. The predicted octanol–water partition coefficient (Wildman–Crippen LogP) is 1.88. The van der Waals surface area contributed by atoms with Crippen LogP contribution in [-0.4, -0.2) is 46.4 Å². The fourth-order valence-electron chi connectivity index (χ4n) is 1.42. The van der Waals surface area contributed by atoms with Crippen molar-refractivity contribution in [2.24, 2.45) is 0 Å². The average Bonchev–Trinajstić information content (AvgIpc) is 2.30. The summed E-state index contributed by atoms with van der Waals surface area (Å²) in [6.45, 7) is 6.15. The summed E-state index contributed by atoms with van der Waals surface area (Å²) in [5, 5.41) is 19.4. The molecule has 0 unspecified atom stereocenters. The lowest BCUT2D eigenvalue weighted by atomic mass is 9.88. The third kappa shape index (κ3) is 4.33. The summed E-state index contributed by atoms with van der Waals surface area (Å²) in [7, 11) is 1.58. The molecule has 106 valence electrons. The van der Waals surface area contributed by atoms with Crippen LogP contribution in [0.25, 0.3) is 0 Å². The molecule has 1 aromatic rings. The van der Waals surface area contributed by atoms with Crippen LogP contribution >= 0.6 is 11.6 Å². The Morgan fingerprint density at radius 3 is 2.63 bits per heavy atom. The Morgan fingerprint density at radius 2 is 2.11 bits per heavy atom. The Morgan fingerprint density at radius 1 is 1.47 bits per heavy atom. The maximum absolute atomic E-state index is 11.8. The number of likely N-dealkylation sites (N-methyl/N-ethyl adjacent to an activating group) is 1. The van der Waals surface area contributed by atoms with Gasteiger partial charge in [-0.1, -0.05) is 32.4 Å². The van der Waals surface area contributed by atoms with Crippen molar-refractivity contribution >= 4 is 23.4 Å². The fourth-order valence-corrected chi connectivity index (χ4v) is 1.80. The van der Waals surface area contributed by atoms with Crippen molar-refractivity contribution in [2.45, 2.75) is 26.2 Å². The molecule has 0 aliphatic rings. The maximum atomic E-state index is 11.8. The number of urea groups is 1. The van der Waals surface area contributed by atoms with Crippen LogP contribution in [0.15, 0.2) is 6.07 Å². The molecule has 0 aliphatic carbocycles. The lowest BCUT2D eigenvalue weighted by Crippen LogP contribution is -2.34. The Hall–Kier alpha value is -1.40. The number of carbonyl (C=O) groups is 1. The van der Waals surface area contributed by atoms with E-state index in [0.717, 1.165) is 5.56 Å². The lowest BCUT2D eigenvalue weighted by Gasteiger charge is -2.21. The van der Waals surface area contributed by atoms with Gasteiger partial charge in [-0.05, 0) is 11.5 Å². The van der Waals surface area contributed by atoms with E-state index in [4.69, 9.17) is 16.7 Å². The molecule has 0 saturated carbocycles. The molecule has 0 spiro atoms. The normalized spacial score (nSPS) is 11.3. The summed E-state index contributed by atoms with van der Waals surface area (Å²) in [5.41, 5.74) is 0.619. The van der Waals surface area contributed by atoms with Gasteiger partial charge in [0.15, 0.2) is 11.0 Å². The number of rotatable bonds is 3. The number of hydrogen-bond acceptors (Lipinski definition) is 4. The van der Waals surface area contributed by atoms with Crippen molar-refractivity contribution in [1.29, 1.82) is 0 Å². The van der Waals surface area contributed by atoms with Crippen molar-refractivity contribution in [3.63, 3.8) is 0 Å². The highest BCUT2D eigenvalue weighted by Gasteiger charge is 2.20. The highest BCUT2D eigenvalue weighted by atomic mass is 35.5. The Bertz CT molecular complexity index is 460. The third-order valence-corrected chi connectivity index (χ3v) is 2.85. The predicted molar refractivity (Wildman–Crippen MR) is 74.5 cm³/mol. The number of hydrogen-bond donors (Lipinski definition) is 2. The monoisotopic (exact) mass is 286 g/mol. The van der Waals surface area contributed by atoms with Crippen molar-refractivity contribution in [1.82, 2.24) is 15.1 Å². The number of halogens is 1. The van der Waals surface area contributed by atoms with Crippen molar-refractivity contribution in [3.05, 3.63) is 16.8 Å². The topological polar surface area (TPSA) is 78.4 Å². The largest absolute Gasteiger partial charge is 0.395 e. The maximum Gasteiger partial charge on any atom is 0.322 e. The number of amides is 2. The van der Waals surface area contributed by atoms with Crippen molar-refractivity contribution < 1.29 is 9.90 Å². The quantitative estimate of drug-likeness (QED) is 0.889. The van der Waals surface area contributed by atoms with Crippen LogP contribution < -0.4 is 5.32 Å². The van der Waals surface area contributed by atoms with Gasteiger partial charge in [-0.25, -0.2) is 4.79 Å². The van der Waals surface area contributed by atoms with Crippen LogP contribution in [0.3, 0.4) is 0 Å².